The van der Waals surface area contributed by atoms with Crippen LogP contribution in [0.15, 0.2) is 53.4 Å². The molecule has 0 amide bonds. The summed E-state index contributed by atoms with van der Waals surface area (Å²) in [5.41, 5.74) is 0.266. The highest BCUT2D eigenvalue weighted by Gasteiger charge is 2.27. The molecule has 1 atom stereocenters. The minimum atomic E-state index is -3.96. The summed E-state index contributed by atoms with van der Waals surface area (Å²) in [6.07, 6.45) is -0.702. The van der Waals surface area contributed by atoms with E-state index in [-0.39, 0.29) is 29.4 Å². The number of nitro benzene ring substituents is 1. The first-order valence-electron chi connectivity index (χ1n) is 8.05. The maximum atomic E-state index is 13.0. The molecule has 1 unspecified atom stereocenters. The van der Waals surface area contributed by atoms with Crippen LogP contribution in [0.1, 0.15) is 13.8 Å². The molecule has 26 heavy (non-hydrogen) atoms. The largest absolute Gasteiger partial charge is 0.392 e. The van der Waals surface area contributed by atoms with Gasteiger partial charge in [-0.05, 0) is 38.1 Å². The van der Waals surface area contributed by atoms with Crippen LogP contribution in [-0.4, -0.2) is 37.6 Å². The van der Waals surface area contributed by atoms with E-state index in [9.17, 15) is 23.6 Å². The van der Waals surface area contributed by atoms with Gasteiger partial charge in [-0.3, -0.25) is 14.4 Å². The summed E-state index contributed by atoms with van der Waals surface area (Å²) in [6.45, 7) is 3.52. The Bertz CT molecular complexity index is 869. The predicted molar refractivity (Wildman–Crippen MR) is 99.9 cm³/mol. The predicted octanol–water partition coefficient (Wildman–Crippen LogP) is 2.60. The average Bonchev–Trinajstić information content (AvgIpc) is 2.61. The normalized spacial score (nSPS) is 12.4. The molecule has 2 rings (SSSR count). The van der Waals surface area contributed by atoms with Gasteiger partial charge in [0.15, 0.2) is 0 Å². The van der Waals surface area contributed by atoms with Gasteiger partial charge in [0, 0.05) is 19.2 Å². The molecule has 2 aromatic rings. The summed E-state index contributed by atoms with van der Waals surface area (Å²) in [4.78, 5) is 10.5. The second-order valence-corrected chi connectivity index (χ2v) is 7.53. The Morgan fingerprint density at radius 2 is 1.88 bits per heavy atom. The first kappa shape index (κ1) is 19.7. The molecule has 0 aliphatic carbocycles. The van der Waals surface area contributed by atoms with Crippen molar-refractivity contribution in [2.75, 3.05) is 22.7 Å². The van der Waals surface area contributed by atoms with Gasteiger partial charge in [-0.15, -0.1) is 0 Å². The van der Waals surface area contributed by atoms with E-state index in [1.54, 1.807) is 37.3 Å². The second-order valence-electron chi connectivity index (χ2n) is 5.67. The molecule has 9 heteroatoms. The molecule has 0 fully saturated rings. The van der Waals surface area contributed by atoms with Crippen molar-refractivity contribution >= 4 is 27.1 Å². The van der Waals surface area contributed by atoms with Crippen molar-refractivity contribution in [2.24, 2.45) is 0 Å². The number of nitrogens with zero attached hydrogens (tertiary/aromatic N) is 2. The Labute approximate surface area is 152 Å². The van der Waals surface area contributed by atoms with Crippen molar-refractivity contribution in [1.29, 1.82) is 0 Å². The molecule has 2 aromatic carbocycles. The number of nitrogens with one attached hydrogen (secondary N) is 1. The molecule has 0 saturated heterocycles. The Balaban J connectivity index is 2.46. The zero-order valence-corrected chi connectivity index (χ0v) is 15.3. The molecular formula is C17H21N3O5S. The number of aliphatic hydroxyl groups excluding tert-OH is 1. The lowest BCUT2D eigenvalue weighted by atomic mass is 10.2. The van der Waals surface area contributed by atoms with Crippen LogP contribution in [0, 0.1) is 10.1 Å². The summed E-state index contributed by atoms with van der Waals surface area (Å²) in [5, 5.41) is 23.4. The van der Waals surface area contributed by atoms with Gasteiger partial charge < -0.3 is 10.4 Å². The molecule has 0 saturated carbocycles. The summed E-state index contributed by atoms with van der Waals surface area (Å²) < 4.78 is 27.1. The topological polar surface area (TPSA) is 113 Å². The van der Waals surface area contributed by atoms with Crippen molar-refractivity contribution in [3.05, 3.63) is 58.6 Å². The molecule has 8 nitrogen and oxygen atoms in total. The maximum Gasteiger partial charge on any atom is 0.293 e. The SMILES string of the molecule is CCN(c1ccccc1)S(=O)(=O)c1ccc(NCC(C)O)c([N+](=O)[O-])c1. The quantitative estimate of drug-likeness (QED) is 0.538. The summed E-state index contributed by atoms with van der Waals surface area (Å²) >= 11 is 0. The fourth-order valence-electron chi connectivity index (χ4n) is 2.44. The summed E-state index contributed by atoms with van der Waals surface area (Å²) in [6, 6.07) is 12.2. The Hall–Kier alpha value is -2.65. The zero-order valence-electron chi connectivity index (χ0n) is 14.5. The standard InChI is InChI=1S/C17H21N3O5S/c1-3-19(14-7-5-4-6-8-14)26(24,25)15-9-10-16(18-12-13(2)21)17(11-15)20(22)23/h4-11,13,18,21H,3,12H2,1-2H3. The van der Waals surface area contributed by atoms with Gasteiger partial charge in [-0.1, -0.05) is 18.2 Å². The van der Waals surface area contributed by atoms with E-state index < -0.39 is 21.1 Å². The molecule has 0 bridgehead atoms. The smallest absolute Gasteiger partial charge is 0.293 e. The monoisotopic (exact) mass is 379 g/mol. The summed E-state index contributed by atoms with van der Waals surface area (Å²) in [7, 11) is -3.96. The van der Waals surface area contributed by atoms with Crippen LogP contribution in [0.4, 0.5) is 17.1 Å². The number of rotatable bonds is 8. The number of hydrogen-bond donors (Lipinski definition) is 2. The Kier molecular flexibility index (Phi) is 6.17. The number of sulfonamides is 1. The second kappa shape index (κ2) is 8.15. The number of benzene rings is 2. The van der Waals surface area contributed by atoms with E-state index in [0.717, 1.165) is 6.07 Å². The third-order valence-electron chi connectivity index (χ3n) is 3.67. The van der Waals surface area contributed by atoms with Crippen molar-refractivity contribution in [2.45, 2.75) is 24.8 Å². The maximum absolute atomic E-state index is 13.0. The zero-order chi connectivity index (χ0) is 19.3. The van der Waals surface area contributed by atoms with Crippen LogP contribution < -0.4 is 9.62 Å². The minimum Gasteiger partial charge on any atom is -0.392 e. The fourth-order valence-corrected chi connectivity index (χ4v) is 3.94. The fraction of sp³-hybridized carbons (Fsp3) is 0.294. The van der Waals surface area contributed by atoms with E-state index >= 15 is 0 Å². The number of nitro groups is 1. The van der Waals surface area contributed by atoms with Gasteiger partial charge in [-0.25, -0.2) is 8.42 Å². The lowest BCUT2D eigenvalue weighted by molar-refractivity contribution is -0.384. The molecule has 0 radical (unpaired) electrons. The highest BCUT2D eigenvalue weighted by molar-refractivity contribution is 7.92. The van der Waals surface area contributed by atoms with Crippen molar-refractivity contribution in [1.82, 2.24) is 0 Å². The van der Waals surface area contributed by atoms with Crippen molar-refractivity contribution in [3.63, 3.8) is 0 Å². The molecule has 0 spiro atoms. The first-order valence-corrected chi connectivity index (χ1v) is 9.49. The third-order valence-corrected chi connectivity index (χ3v) is 5.57. The Morgan fingerprint density at radius 1 is 1.23 bits per heavy atom. The van der Waals surface area contributed by atoms with Crippen molar-refractivity contribution in [3.8, 4) is 0 Å². The molecule has 0 aliphatic rings. The van der Waals surface area contributed by atoms with Gasteiger partial charge in [0.1, 0.15) is 5.69 Å². The minimum absolute atomic E-state index is 0.109. The van der Waals surface area contributed by atoms with Crippen LogP contribution >= 0.6 is 0 Å². The molecule has 140 valence electrons. The van der Waals surface area contributed by atoms with Crippen LogP contribution in [0.5, 0.6) is 0 Å². The first-order chi connectivity index (χ1) is 12.3. The van der Waals surface area contributed by atoms with Gasteiger partial charge in [-0.2, -0.15) is 0 Å². The van der Waals surface area contributed by atoms with E-state index in [0.29, 0.717) is 5.69 Å². The van der Waals surface area contributed by atoms with Crippen molar-refractivity contribution < 1.29 is 18.4 Å². The molecule has 0 aromatic heterocycles. The van der Waals surface area contributed by atoms with E-state index in [4.69, 9.17) is 0 Å². The highest BCUT2D eigenvalue weighted by Crippen LogP contribution is 2.30. The van der Waals surface area contributed by atoms with Gasteiger partial charge in [0.25, 0.3) is 15.7 Å². The van der Waals surface area contributed by atoms with Crippen LogP contribution in [0.3, 0.4) is 0 Å². The lowest BCUT2D eigenvalue weighted by Gasteiger charge is -2.23. The van der Waals surface area contributed by atoms with Crippen LogP contribution in [0.25, 0.3) is 0 Å². The number of para-hydroxylation sites is 1. The van der Waals surface area contributed by atoms with E-state index in [1.807, 2.05) is 0 Å². The third kappa shape index (κ3) is 4.30. The molecule has 2 N–H and O–H groups in total. The molecular weight excluding hydrogens is 358 g/mol. The van der Waals surface area contributed by atoms with E-state index in [1.165, 1.54) is 23.4 Å². The lowest BCUT2D eigenvalue weighted by Crippen LogP contribution is -2.30. The Morgan fingerprint density at radius 3 is 2.42 bits per heavy atom. The number of anilines is 2. The number of aliphatic hydroxyl groups is 1. The summed E-state index contributed by atoms with van der Waals surface area (Å²) in [5.74, 6) is 0. The number of hydrogen-bond acceptors (Lipinski definition) is 6. The molecule has 0 aliphatic heterocycles. The highest BCUT2D eigenvalue weighted by atomic mass is 32.2. The molecule has 0 heterocycles. The van der Waals surface area contributed by atoms with Gasteiger partial charge >= 0.3 is 0 Å². The van der Waals surface area contributed by atoms with Gasteiger partial charge in [0.05, 0.1) is 21.6 Å². The average molecular weight is 379 g/mol. The van der Waals surface area contributed by atoms with Crippen LogP contribution in [0.2, 0.25) is 0 Å². The van der Waals surface area contributed by atoms with E-state index in [2.05, 4.69) is 5.32 Å². The van der Waals surface area contributed by atoms with Gasteiger partial charge in [0.2, 0.25) is 0 Å². The van der Waals surface area contributed by atoms with Crippen LogP contribution in [-0.2, 0) is 10.0 Å².